The quantitative estimate of drug-likeness (QED) is 0.161. The summed E-state index contributed by atoms with van der Waals surface area (Å²) in [5.74, 6) is 1.80. The van der Waals surface area contributed by atoms with Gasteiger partial charge in [0.2, 0.25) is 0 Å². The first kappa shape index (κ1) is 35.5. The highest BCUT2D eigenvalue weighted by Crippen LogP contribution is 2.39. The van der Waals surface area contributed by atoms with Crippen LogP contribution in [0.3, 0.4) is 0 Å². The molecule has 0 atom stereocenters. The van der Waals surface area contributed by atoms with Crippen molar-refractivity contribution in [3.8, 4) is 73.2 Å². The standard InChI is InChI=1S/C57H36N4O/c1-3-15-37(16-4-1)39-19-11-20-40(33-39)43-31-32-47-46-25-7-9-28-50(46)61(51(47)36-43)45-24-13-22-42(35-45)41-21-12-23-44(34-41)56-58-55(38-17-5-2-6-18-38)59-57(60-56)49-27-14-30-53-54(49)48-26-8-10-29-52(48)62-53/h1-36H. The molecule has 0 N–H and O–H groups in total. The van der Waals surface area contributed by atoms with E-state index in [9.17, 15) is 0 Å². The molecule has 0 aliphatic heterocycles. The van der Waals surface area contributed by atoms with E-state index in [2.05, 4.69) is 162 Å². The summed E-state index contributed by atoms with van der Waals surface area (Å²) in [7, 11) is 0. The number of nitrogens with zero attached hydrogens (tertiary/aromatic N) is 4. The topological polar surface area (TPSA) is 56.7 Å². The minimum Gasteiger partial charge on any atom is -0.456 e. The smallest absolute Gasteiger partial charge is 0.164 e. The predicted molar refractivity (Wildman–Crippen MR) is 254 cm³/mol. The van der Waals surface area contributed by atoms with Crippen molar-refractivity contribution in [2.24, 2.45) is 0 Å². The highest BCUT2D eigenvalue weighted by Gasteiger charge is 2.19. The van der Waals surface area contributed by atoms with Gasteiger partial charge < -0.3 is 8.98 Å². The number of aromatic nitrogens is 4. The van der Waals surface area contributed by atoms with Gasteiger partial charge in [-0.1, -0.05) is 170 Å². The minimum atomic E-state index is 0.593. The van der Waals surface area contributed by atoms with Gasteiger partial charge in [-0.25, -0.2) is 15.0 Å². The van der Waals surface area contributed by atoms with E-state index in [1.165, 1.54) is 33.0 Å². The molecular weight excluding hydrogens is 757 g/mol. The molecule has 0 amide bonds. The molecule has 12 aromatic rings. The first-order valence-electron chi connectivity index (χ1n) is 20.8. The number of rotatable bonds is 7. The van der Waals surface area contributed by atoms with E-state index in [0.29, 0.717) is 17.5 Å². The highest BCUT2D eigenvalue weighted by molar-refractivity contribution is 6.12. The number of hydrogen-bond donors (Lipinski definition) is 0. The van der Waals surface area contributed by atoms with Crippen LogP contribution in [0.2, 0.25) is 0 Å². The normalized spacial score (nSPS) is 11.5. The molecule has 5 heteroatoms. The summed E-state index contributed by atoms with van der Waals surface area (Å²) in [4.78, 5) is 15.4. The summed E-state index contributed by atoms with van der Waals surface area (Å²) in [5.41, 5.74) is 14.7. The van der Waals surface area contributed by atoms with E-state index in [4.69, 9.17) is 19.4 Å². The van der Waals surface area contributed by atoms with Crippen molar-refractivity contribution >= 4 is 43.7 Å². The van der Waals surface area contributed by atoms with Crippen LogP contribution in [0.5, 0.6) is 0 Å². The van der Waals surface area contributed by atoms with Gasteiger partial charge >= 0.3 is 0 Å². The zero-order valence-corrected chi connectivity index (χ0v) is 33.5. The van der Waals surface area contributed by atoms with Crippen LogP contribution in [0.4, 0.5) is 0 Å². The number of fused-ring (bicyclic) bond motifs is 6. The second kappa shape index (κ2) is 14.7. The third-order valence-electron chi connectivity index (χ3n) is 11.8. The van der Waals surface area contributed by atoms with E-state index in [1.807, 2.05) is 60.7 Å². The van der Waals surface area contributed by atoms with Crippen LogP contribution in [0.15, 0.2) is 223 Å². The molecule has 0 spiro atoms. The van der Waals surface area contributed by atoms with Crippen molar-refractivity contribution < 1.29 is 4.42 Å². The number of furan rings is 1. The van der Waals surface area contributed by atoms with Gasteiger partial charge in [0.05, 0.1) is 11.0 Å². The third kappa shape index (κ3) is 6.14. The van der Waals surface area contributed by atoms with Crippen LogP contribution in [-0.4, -0.2) is 19.5 Å². The predicted octanol–water partition coefficient (Wildman–Crippen LogP) is 14.9. The first-order chi connectivity index (χ1) is 30.7. The molecule has 0 radical (unpaired) electrons. The third-order valence-corrected chi connectivity index (χ3v) is 11.8. The van der Waals surface area contributed by atoms with Crippen LogP contribution in [0.25, 0.3) is 117 Å². The van der Waals surface area contributed by atoms with Gasteiger partial charge in [-0.3, -0.25) is 0 Å². The van der Waals surface area contributed by atoms with Gasteiger partial charge in [0.25, 0.3) is 0 Å². The van der Waals surface area contributed by atoms with Crippen LogP contribution < -0.4 is 0 Å². The number of hydrogen-bond acceptors (Lipinski definition) is 4. The number of para-hydroxylation sites is 2. The Morgan fingerprint density at radius 3 is 1.61 bits per heavy atom. The van der Waals surface area contributed by atoms with E-state index < -0.39 is 0 Å². The minimum absolute atomic E-state index is 0.593. The summed E-state index contributed by atoms with van der Waals surface area (Å²) >= 11 is 0. The zero-order chi connectivity index (χ0) is 41.0. The Balaban J connectivity index is 0.974. The fraction of sp³-hybridized carbons (Fsp3) is 0. The maximum absolute atomic E-state index is 6.27. The summed E-state index contributed by atoms with van der Waals surface area (Å²) in [6, 6.07) is 76.5. The molecule has 12 rings (SSSR count). The van der Waals surface area contributed by atoms with Gasteiger partial charge in [-0.2, -0.15) is 0 Å². The van der Waals surface area contributed by atoms with Crippen molar-refractivity contribution in [1.29, 1.82) is 0 Å². The molecule has 62 heavy (non-hydrogen) atoms. The fourth-order valence-electron chi connectivity index (χ4n) is 8.90. The molecular formula is C57H36N4O. The molecule has 5 nitrogen and oxygen atoms in total. The van der Waals surface area contributed by atoms with Crippen molar-refractivity contribution in [1.82, 2.24) is 19.5 Å². The summed E-state index contributed by atoms with van der Waals surface area (Å²) in [6.45, 7) is 0. The summed E-state index contributed by atoms with van der Waals surface area (Å²) in [5, 5.41) is 4.45. The van der Waals surface area contributed by atoms with Gasteiger partial charge in [-0.05, 0) is 81.9 Å². The lowest BCUT2D eigenvalue weighted by Crippen LogP contribution is -2.00. The number of benzene rings is 9. The Bertz CT molecular complexity index is 3640. The Morgan fingerprint density at radius 2 is 0.823 bits per heavy atom. The Kier molecular flexibility index (Phi) is 8.42. The molecule has 3 aromatic heterocycles. The molecule has 0 aliphatic rings. The Morgan fingerprint density at radius 1 is 0.306 bits per heavy atom. The monoisotopic (exact) mass is 792 g/mol. The fourth-order valence-corrected chi connectivity index (χ4v) is 8.90. The lowest BCUT2D eigenvalue weighted by molar-refractivity contribution is 0.669. The molecule has 0 bridgehead atoms. The first-order valence-corrected chi connectivity index (χ1v) is 20.8. The van der Waals surface area contributed by atoms with Crippen LogP contribution in [0.1, 0.15) is 0 Å². The summed E-state index contributed by atoms with van der Waals surface area (Å²) < 4.78 is 8.66. The maximum Gasteiger partial charge on any atom is 0.164 e. The van der Waals surface area contributed by atoms with Gasteiger partial charge in [0.1, 0.15) is 11.2 Å². The molecule has 0 saturated heterocycles. The molecule has 0 aliphatic carbocycles. The van der Waals surface area contributed by atoms with Crippen LogP contribution in [-0.2, 0) is 0 Å². The second-order valence-corrected chi connectivity index (χ2v) is 15.6. The van der Waals surface area contributed by atoms with E-state index in [1.54, 1.807) is 0 Å². The largest absolute Gasteiger partial charge is 0.456 e. The zero-order valence-electron chi connectivity index (χ0n) is 33.5. The van der Waals surface area contributed by atoms with Gasteiger partial charge in [-0.15, -0.1) is 0 Å². The second-order valence-electron chi connectivity index (χ2n) is 15.6. The van der Waals surface area contributed by atoms with E-state index >= 15 is 0 Å². The molecule has 3 heterocycles. The molecule has 9 aromatic carbocycles. The van der Waals surface area contributed by atoms with Crippen LogP contribution >= 0.6 is 0 Å². The Hall–Kier alpha value is -8.41. The molecule has 0 fully saturated rings. The van der Waals surface area contributed by atoms with Gasteiger partial charge in [0, 0.05) is 43.9 Å². The van der Waals surface area contributed by atoms with E-state index in [-0.39, 0.29) is 0 Å². The van der Waals surface area contributed by atoms with Crippen molar-refractivity contribution in [3.05, 3.63) is 218 Å². The molecule has 290 valence electrons. The SMILES string of the molecule is c1ccc(-c2cccc(-c3ccc4c5ccccc5n(-c5cccc(-c6cccc(-c7nc(-c8ccccc8)nc(-c8cccc9oc%10ccccc%10c89)n7)c6)c5)c4c3)c2)cc1. The average Bonchev–Trinajstić information content (AvgIpc) is 3.90. The molecule has 0 saturated carbocycles. The molecule has 0 unspecified atom stereocenters. The summed E-state index contributed by atoms with van der Waals surface area (Å²) in [6.07, 6.45) is 0. The van der Waals surface area contributed by atoms with Crippen LogP contribution in [0, 0.1) is 0 Å². The highest BCUT2D eigenvalue weighted by atomic mass is 16.3. The van der Waals surface area contributed by atoms with Crippen molar-refractivity contribution in [2.75, 3.05) is 0 Å². The van der Waals surface area contributed by atoms with Crippen molar-refractivity contribution in [3.63, 3.8) is 0 Å². The van der Waals surface area contributed by atoms with E-state index in [0.717, 1.165) is 66.5 Å². The average molecular weight is 793 g/mol. The lowest BCUT2D eigenvalue weighted by Gasteiger charge is -2.13. The maximum atomic E-state index is 6.27. The Labute approximate surface area is 357 Å². The van der Waals surface area contributed by atoms with Gasteiger partial charge in [0.15, 0.2) is 17.5 Å². The van der Waals surface area contributed by atoms with Crippen molar-refractivity contribution in [2.45, 2.75) is 0 Å². The lowest BCUT2D eigenvalue weighted by atomic mass is 9.98.